The Balaban J connectivity index is 1.11. The predicted molar refractivity (Wildman–Crippen MR) is 243 cm³/mol. The van der Waals surface area contributed by atoms with E-state index in [4.69, 9.17) is 20.9 Å². The maximum absolute atomic E-state index is 9.09. The Morgan fingerprint density at radius 2 is 0.965 bits per heavy atom. The van der Waals surface area contributed by atoms with Gasteiger partial charge in [0.15, 0.2) is 0 Å². The number of benzene rings is 11. The first kappa shape index (κ1) is 22.2. The lowest BCUT2D eigenvalue weighted by molar-refractivity contribution is 0.670. The van der Waals surface area contributed by atoms with E-state index in [1.807, 2.05) is 84.9 Å². The van der Waals surface area contributed by atoms with Gasteiger partial charge in [-0.2, -0.15) is 0 Å². The molecule has 0 unspecified atom stereocenters. The third-order valence-electron chi connectivity index (χ3n) is 11.2. The first-order valence-electron chi connectivity index (χ1n) is 24.7. The summed E-state index contributed by atoms with van der Waals surface area (Å²) >= 11 is 0. The van der Waals surface area contributed by atoms with E-state index in [2.05, 4.69) is 36.4 Å². The molecule has 0 N–H and O–H groups in total. The average molecular weight is 735 g/mol. The molecule has 1 heteroatoms. The van der Waals surface area contributed by atoms with Crippen LogP contribution in [0.1, 0.15) is 16.4 Å². The molecule has 264 valence electrons. The summed E-state index contributed by atoms with van der Waals surface area (Å²) in [6.07, 6.45) is 0. The number of fused-ring (bicyclic) bond motifs is 9. The Morgan fingerprint density at radius 3 is 1.75 bits per heavy atom. The highest BCUT2D eigenvalue weighted by atomic mass is 16.3. The minimum absolute atomic E-state index is 0.0120. The Hall–Kier alpha value is -7.48. The Morgan fingerprint density at radius 1 is 0.333 bits per heavy atom. The smallest absolute Gasteiger partial charge is 0.143 e. The fourth-order valence-electron chi connectivity index (χ4n) is 8.85. The standard InChI is InChI=1S/C56H34O/c1-2-16-36(17-3-1)53-45-22-8-10-24-47(45)54(48-25-11-9-23-46(48)53)51-34-38-33-37(31-32-40(38)42-20-6-7-21-44(42)51)41-26-14-30-52-55(41)50-29-13-28-49(56(50)57-52)43-27-12-18-35-15-4-5-19-39(35)43/h1-34H/i1D,2D,3D,4D,5D,12D,15D,16D,17D,18D,19D,27D. The summed E-state index contributed by atoms with van der Waals surface area (Å²) < 4.78 is 111. The molecule has 0 amide bonds. The van der Waals surface area contributed by atoms with Crippen LogP contribution < -0.4 is 0 Å². The molecule has 0 radical (unpaired) electrons. The average Bonchev–Trinajstić information content (AvgIpc) is 3.77. The monoisotopic (exact) mass is 734 g/mol. The fourth-order valence-corrected chi connectivity index (χ4v) is 8.85. The lowest BCUT2D eigenvalue weighted by Crippen LogP contribution is -1.92. The number of furan rings is 1. The summed E-state index contributed by atoms with van der Waals surface area (Å²) in [5.41, 5.74) is 5.75. The van der Waals surface area contributed by atoms with Crippen LogP contribution in [0.25, 0.3) is 120 Å². The van der Waals surface area contributed by atoms with Crippen molar-refractivity contribution >= 4 is 75.8 Å². The molecule has 0 saturated heterocycles. The normalized spacial score (nSPS) is 14.8. The molecule has 1 aromatic heterocycles. The Bertz CT molecular complexity index is 4200. The zero-order valence-electron chi connectivity index (χ0n) is 42.1. The lowest BCUT2D eigenvalue weighted by Gasteiger charge is -2.19. The van der Waals surface area contributed by atoms with Gasteiger partial charge in [0.05, 0.1) is 16.4 Å². The van der Waals surface area contributed by atoms with Gasteiger partial charge in [0, 0.05) is 16.3 Å². The Kier molecular flexibility index (Phi) is 4.87. The first-order chi connectivity index (χ1) is 33.3. The van der Waals surface area contributed by atoms with Crippen molar-refractivity contribution in [2.75, 3.05) is 0 Å². The van der Waals surface area contributed by atoms with Crippen LogP contribution in [0, 0.1) is 0 Å². The van der Waals surface area contributed by atoms with E-state index in [1.54, 1.807) is 12.1 Å². The lowest BCUT2D eigenvalue weighted by atomic mass is 9.83. The van der Waals surface area contributed by atoms with Crippen molar-refractivity contribution in [3.05, 3.63) is 206 Å². The second-order valence-corrected chi connectivity index (χ2v) is 14.2. The summed E-state index contributed by atoms with van der Waals surface area (Å²) in [6.45, 7) is 0. The minimum atomic E-state index is -0.516. The molecule has 0 aliphatic rings. The van der Waals surface area contributed by atoms with E-state index >= 15 is 0 Å². The van der Waals surface area contributed by atoms with Crippen LogP contribution in [-0.4, -0.2) is 0 Å². The largest absolute Gasteiger partial charge is 0.455 e. The zero-order chi connectivity index (χ0) is 47.9. The van der Waals surface area contributed by atoms with E-state index in [1.165, 1.54) is 0 Å². The van der Waals surface area contributed by atoms with Crippen molar-refractivity contribution in [2.24, 2.45) is 0 Å². The van der Waals surface area contributed by atoms with Gasteiger partial charge in [0.2, 0.25) is 0 Å². The maximum atomic E-state index is 9.09. The molecule has 0 fully saturated rings. The van der Waals surface area contributed by atoms with Gasteiger partial charge >= 0.3 is 0 Å². The molecule has 1 heterocycles. The van der Waals surface area contributed by atoms with Crippen molar-refractivity contribution in [2.45, 2.75) is 0 Å². The summed E-state index contributed by atoms with van der Waals surface area (Å²) in [6, 6.07) is 38.8. The van der Waals surface area contributed by atoms with Gasteiger partial charge in [0.1, 0.15) is 11.2 Å². The number of para-hydroxylation sites is 1. The van der Waals surface area contributed by atoms with Gasteiger partial charge in [0.25, 0.3) is 0 Å². The molecular formula is C56H34O. The van der Waals surface area contributed by atoms with Crippen LogP contribution >= 0.6 is 0 Å². The van der Waals surface area contributed by atoms with Crippen LogP contribution in [0.2, 0.25) is 0 Å². The van der Waals surface area contributed by atoms with Gasteiger partial charge in [-0.1, -0.05) is 188 Å². The first-order valence-corrected chi connectivity index (χ1v) is 18.7. The molecule has 0 atom stereocenters. The third kappa shape index (κ3) is 4.83. The van der Waals surface area contributed by atoms with Gasteiger partial charge in [-0.05, 0) is 111 Å². The van der Waals surface area contributed by atoms with Crippen LogP contribution in [0.3, 0.4) is 0 Å². The van der Waals surface area contributed by atoms with Crippen molar-refractivity contribution < 1.29 is 20.9 Å². The summed E-state index contributed by atoms with van der Waals surface area (Å²) in [5.74, 6) is 0. The summed E-state index contributed by atoms with van der Waals surface area (Å²) in [4.78, 5) is 0. The van der Waals surface area contributed by atoms with Crippen molar-refractivity contribution in [1.82, 2.24) is 0 Å². The second-order valence-electron chi connectivity index (χ2n) is 14.2. The van der Waals surface area contributed by atoms with Crippen molar-refractivity contribution in [1.29, 1.82) is 0 Å². The molecule has 0 spiro atoms. The van der Waals surface area contributed by atoms with Crippen molar-refractivity contribution in [3.8, 4) is 44.5 Å². The second kappa shape index (κ2) is 12.5. The molecule has 0 bridgehead atoms. The molecule has 12 aromatic rings. The predicted octanol–water partition coefficient (Wildman–Crippen LogP) is 16.0. The molecule has 0 aliphatic carbocycles. The molecule has 0 aliphatic heterocycles. The van der Waals surface area contributed by atoms with E-state index < -0.39 is 54.4 Å². The van der Waals surface area contributed by atoms with E-state index in [0.717, 1.165) is 70.7 Å². The van der Waals surface area contributed by atoms with Gasteiger partial charge in [-0.25, -0.2) is 0 Å². The molecule has 11 aromatic carbocycles. The highest BCUT2D eigenvalue weighted by Crippen LogP contribution is 2.48. The third-order valence-corrected chi connectivity index (χ3v) is 11.2. The zero-order valence-corrected chi connectivity index (χ0v) is 30.1. The van der Waals surface area contributed by atoms with E-state index in [-0.39, 0.29) is 40.0 Å². The van der Waals surface area contributed by atoms with Gasteiger partial charge < -0.3 is 4.42 Å². The quantitative estimate of drug-likeness (QED) is 0.130. The van der Waals surface area contributed by atoms with Crippen LogP contribution in [0.15, 0.2) is 210 Å². The van der Waals surface area contributed by atoms with Crippen LogP contribution in [0.4, 0.5) is 0 Å². The topological polar surface area (TPSA) is 13.1 Å². The molecular weight excluding hydrogens is 689 g/mol. The fraction of sp³-hybridized carbons (Fsp3) is 0. The number of hydrogen-bond acceptors (Lipinski definition) is 1. The number of hydrogen-bond donors (Lipinski definition) is 0. The van der Waals surface area contributed by atoms with Crippen molar-refractivity contribution in [3.63, 3.8) is 0 Å². The highest BCUT2D eigenvalue weighted by Gasteiger charge is 2.21. The summed E-state index contributed by atoms with van der Waals surface area (Å²) in [5, 5.41) is 8.59. The Labute approximate surface area is 346 Å². The van der Waals surface area contributed by atoms with E-state index in [9.17, 15) is 0 Å². The SMILES string of the molecule is [2H]c1c([2H])c([2H])c(-c2c3ccccc3c(-c3cc4cc(-c5cccc6oc7c(-c8c([2H])c([2H])c([2H])c9c([2H])c([2H])c([2H])c([2H])c89)cccc7c56)ccc4c4ccccc34)c3ccccc23)c([2H])c1[2H]. The molecule has 0 saturated carbocycles. The maximum Gasteiger partial charge on any atom is 0.143 e. The van der Waals surface area contributed by atoms with Crippen LogP contribution in [0.5, 0.6) is 0 Å². The summed E-state index contributed by atoms with van der Waals surface area (Å²) in [7, 11) is 0. The van der Waals surface area contributed by atoms with Gasteiger partial charge in [-0.3, -0.25) is 0 Å². The van der Waals surface area contributed by atoms with E-state index in [0.29, 0.717) is 27.7 Å². The highest BCUT2D eigenvalue weighted by molar-refractivity contribution is 6.26. The molecule has 1 nitrogen and oxygen atoms in total. The molecule has 57 heavy (non-hydrogen) atoms. The molecule has 12 rings (SSSR count). The number of rotatable bonds is 4. The van der Waals surface area contributed by atoms with Gasteiger partial charge in [-0.15, -0.1) is 0 Å². The minimum Gasteiger partial charge on any atom is -0.455 e. The van der Waals surface area contributed by atoms with Crippen LogP contribution in [-0.2, 0) is 0 Å².